The number of nitrogens with zero attached hydrogens (tertiary/aromatic N) is 3. The van der Waals surface area contributed by atoms with Gasteiger partial charge in [-0.05, 0) is 19.4 Å². The molecule has 0 aliphatic rings. The molecule has 3 rings (SSSR count). The lowest BCUT2D eigenvalue weighted by Crippen LogP contribution is -2.19. The average Bonchev–Trinajstić information content (AvgIpc) is 2.89. The van der Waals surface area contributed by atoms with Gasteiger partial charge in [-0.2, -0.15) is 0 Å². The number of hydrogen-bond donors (Lipinski definition) is 1. The Bertz CT molecular complexity index is 763. The lowest BCUT2D eigenvalue weighted by atomic mass is 10.1. The van der Waals surface area contributed by atoms with Crippen LogP contribution in [0.5, 0.6) is 0 Å². The minimum atomic E-state index is -0.322. The molecule has 5 heteroatoms. The van der Waals surface area contributed by atoms with E-state index < -0.39 is 0 Å². The number of nitrogens with two attached hydrogens (primary N) is 1. The Hall–Kier alpha value is -1.98. The number of fused-ring (bicyclic) bond motifs is 3. The van der Waals surface area contributed by atoms with Gasteiger partial charge in [0.25, 0.3) is 0 Å². The number of benzene rings is 1. The standard InChI is InChI=1S/C16H19N4O/c1-3-8-20-10-18-15-14(9-21-11(2)17)19-13-7-5-4-6-12(13)16(15)20/h4-8,10-11H,3,9,17H2,1-2H3. The van der Waals surface area contributed by atoms with Gasteiger partial charge in [0.15, 0.2) is 0 Å². The molecule has 0 amide bonds. The zero-order chi connectivity index (χ0) is 14.8. The van der Waals surface area contributed by atoms with Crippen molar-refractivity contribution in [2.24, 2.45) is 5.73 Å². The number of hydrogen-bond acceptors (Lipinski definition) is 4. The molecule has 0 aliphatic heterocycles. The van der Waals surface area contributed by atoms with Crippen LogP contribution in [0.15, 0.2) is 30.6 Å². The second kappa shape index (κ2) is 5.79. The van der Waals surface area contributed by atoms with Crippen molar-refractivity contribution in [3.63, 3.8) is 0 Å². The summed E-state index contributed by atoms with van der Waals surface area (Å²) in [5.41, 5.74) is 9.38. The molecule has 0 spiro atoms. The first-order chi connectivity index (χ1) is 10.2. The highest BCUT2D eigenvalue weighted by Crippen LogP contribution is 2.26. The van der Waals surface area contributed by atoms with Crippen molar-refractivity contribution < 1.29 is 4.74 Å². The zero-order valence-corrected chi connectivity index (χ0v) is 12.3. The predicted molar refractivity (Wildman–Crippen MR) is 83.5 cm³/mol. The van der Waals surface area contributed by atoms with Gasteiger partial charge in [-0.3, -0.25) is 0 Å². The second-order valence-electron chi connectivity index (χ2n) is 5.03. The molecule has 5 nitrogen and oxygen atoms in total. The van der Waals surface area contributed by atoms with Crippen LogP contribution in [-0.4, -0.2) is 20.8 Å². The van der Waals surface area contributed by atoms with Gasteiger partial charge in [-0.25, -0.2) is 9.97 Å². The second-order valence-corrected chi connectivity index (χ2v) is 5.03. The maximum absolute atomic E-state index is 5.67. The van der Waals surface area contributed by atoms with Gasteiger partial charge < -0.3 is 15.0 Å². The molecule has 1 atom stereocenters. The van der Waals surface area contributed by atoms with Crippen molar-refractivity contribution in [2.75, 3.05) is 0 Å². The minimum absolute atomic E-state index is 0.322. The molecule has 2 N–H and O–H groups in total. The third-order valence-corrected chi connectivity index (χ3v) is 3.34. The monoisotopic (exact) mass is 283 g/mol. The highest BCUT2D eigenvalue weighted by Gasteiger charge is 2.14. The van der Waals surface area contributed by atoms with Crippen LogP contribution in [-0.2, 0) is 11.3 Å². The normalized spacial score (nSPS) is 13.1. The van der Waals surface area contributed by atoms with E-state index >= 15 is 0 Å². The van der Waals surface area contributed by atoms with E-state index in [-0.39, 0.29) is 6.23 Å². The third-order valence-electron chi connectivity index (χ3n) is 3.34. The molecule has 0 saturated carbocycles. The molecule has 1 radical (unpaired) electrons. The van der Waals surface area contributed by atoms with Crippen molar-refractivity contribution in [3.05, 3.63) is 42.8 Å². The summed E-state index contributed by atoms with van der Waals surface area (Å²) in [6.07, 6.45) is 2.45. The van der Waals surface area contributed by atoms with Crippen molar-refractivity contribution in [3.8, 4) is 0 Å². The predicted octanol–water partition coefficient (Wildman–Crippen LogP) is 2.83. The fourth-order valence-corrected chi connectivity index (χ4v) is 2.45. The molecular formula is C16H19N4O. The topological polar surface area (TPSA) is 66.0 Å². The lowest BCUT2D eigenvalue weighted by Gasteiger charge is -2.10. The molecule has 0 saturated heterocycles. The largest absolute Gasteiger partial charge is 0.358 e. The summed E-state index contributed by atoms with van der Waals surface area (Å²) in [4.78, 5) is 9.19. The quantitative estimate of drug-likeness (QED) is 0.731. The Morgan fingerprint density at radius 3 is 2.95 bits per heavy atom. The van der Waals surface area contributed by atoms with E-state index in [1.165, 1.54) is 0 Å². The summed E-state index contributed by atoms with van der Waals surface area (Å²) in [5.74, 6) is 0. The summed E-state index contributed by atoms with van der Waals surface area (Å²) >= 11 is 0. The van der Waals surface area contributed by atoms with Crippen LogP contribution < -0.4 is 5.73 Å². The molecule has 109 valence electrons. The first-order valence-electron chi connectivity index (χ1n) is 7.15. The number of rotatable bonds is 5. The fourth-order valence-electron chi connectivity index (χ4n) is 2.45. The Labute approximate surface area is 123 Å². The summed E-state index contributed by atoms with van der Waals surface area (Å²) in [5, 5.41) is 1.10. The van der Waals surface area contributed by atoms with E-state index in [9.17, 15) is 0 Å². The highest BCUT2D eigenvalue weighted by atomic mass is 16.5. The number of ether oxygens (including phenoxy) is 1. The summed E-state index contributed by atoms with van der Waals surface area (Å²) < 4.78 is 7.57. The molecule has 0 aliphatic carbocycles. The number of aromatic nitrogens is 3. The molecule has 21 heavy (non-hydrogen) atoms. The lowest BCUT2D eigenvalue weighted by molar-refractivity contribution is 0.0564. The molecule has 2 aromatic heterocycles. The SMILES string of the molecule is CC[CH]n1cnc2c(COC(C)N)nc3ccccc3c21. The fraction of sp³-hybridized carbons (Fsp3) is 0.312. The van der Waals surface area contributed by atoms with Gasteiger partial charge in [-0.1, -0.05) is 25.1 Å². The van der Waals surface area contributed by atoms with Crippen molar-refractivity contribution >= 4 is 21.9 Å². The van der Waals surface area contributed by atoms with E-state index in [2.05, 4.69) is 34.1 Å². The summed E-state index contributed by atoms with van der Waals surface area (Å²) in [6, 6.07) is 8.09. The Morgan fingerprint density at radius 1 is 1.38 bits per heavy atom. The van der Waals surface area contributed by atoms with Gasteiger partial charge in [0.1, 0.15) is 11.7 Å². The Morgan fingerprint density at radius 2 is 2.19 bits per heavy atom. The molecule has 3 aromatic rings. The number of para-hydroxylation sites is 1. The van der Waals surface area contributed by atoms with Gasteiger partial charge >= 0.3 is 0 Å². The van der Waals surface area contributed by atoms with Gasteiger partial charge in [0, 0.05) is 5.39 Å². The first-order valence-corrected chi connectivity index (χ1v) is 7.15. The molecule has 0 fully saturated rings. The van der Waals surface area contributed by atoms with Crippen LogP contribution in [0.25, 0.3) is 21.9 Å². The van der Waals surface area contributed by atoms with Crippen LogP contribution in [0, 0.1) is 6.54 Å². The Balaban J connectivity index is 2.22. The van der Waals surface area contributed by atoms with Crippen LogP contribution >= 0.6 is 0 Å². The molecule has 2 heterocycles. The van der Waals surface area contributed by atoms with Crippen molar-refractivity contribution in [1.82, 2.24) is 14.5 Å². The van der Waals surface area contributed by atoms with Crippen molar-refractivity contribution in [2.45, 2.75) is 33.1 Å². The van der Waals surface area contributed by atoms with E-state index in [4.69, 9.17) is 10.5 Å². The van der Waals surface area contributed by atoms with E-state index in [0.717, 1.165) is 34.1 Å². The smallest absolute Gasteiger partial charge is 0.113 e. The van der Waals surface area contributed by atoms with Crippen LogP contribution in [0.1, 0.15) is 26.0 Å². The van der Waals surface area contributed by atoms with Crippen molar-refractivity contribution in [1.29, 1.82) is 0 Å². The summed E-state index contributed by atoms with van der Waals surface area (Å²) in [6.45, 7) is 6.39. The van der Waals surface area contributed by atoms with Crippen LogP contribution in [0.4, 0.5) is 0 Å². The highest BCUT2D eigenvalue weighted by molar-refractivity contribution is 6.03. The average molecular weight is 283 g/mol. The van der Waals surface area contributed by atoms with E-state index in [0.29, 0.717) is 6.61 Å². The number of pyridine rings is 1. The molecule has 1 aromatic carbocycles. The minimum Gasteiger partial charge on any atom is -0.358 e. The molecule has 0 bridgehead atoms. The van der Waals surface area contributed by atoms with Crippen LogP contribution in [0.2, 0.25) is 0 Å². The van der Waals surface area contributed by atoms with E-state index in [1.807, 2.05) is 31.5 Å². The number of imidazole rings is 1. The third kappa shape index (κ3) is 2.62. The molecule has 1 unspecified atom stereocenters. The summed E-state index contributed by atoms with van der Waals surface area (Å²) in [7, 11) is 0. The van der Waals surface area contributed by atoms with Gasteiger partial charge in [-0.15, -0.1) is 0 Å². The maximum atomic E-state index is 5.67. The van der Waals surface area contributed by atoms with Gasteiger partial charge in [0.2, 0.25) is 0 Å². The molecular weight excluding hydrogens is 264 g/mol. The van der Waals surface area contributed by atoms with Gasteiger partial charge in [0.05, 0.1) is 36.2 Å². The Kier molecular flexibility index (Phi) is 3.86. The first kappa shape index (κ1) is 14.0. The zero-order valence-electron chi connectivity index (χ0n) is 12.3. The van der Waals surface area contributed by atoms with Crippen LogP contribution in [0.3, 0.4) is 0 Å². The maximum Gasteiger partial charge on any atom is 0.113 e. The van der Waals surface area contributed by atoms with E-state index in [1.54, 1.807) is 0 Å².